The third-order valence-corrected chi connectivity index (χ3v) is 6.01. The van der Waals surface area contributed by atoms with E-state index in [-0.39, 0.29) is 6.61 Å². The third-order valence-electron chi connectivity index (χ3n) is 6.01. The van der Waals surface area contributed by atoms with E-state index >= 15 is 0 Å². The summed E-state index contributed by atoms with van der Waals surface area (Å²) in [5, 5.41) is 80.4. The summed E-state index contributed by atoms with van der Waals surface area (Å²) in [6.07, 6.45) is -14.6. The average Bonchev–Trinajstić information content (AvgIpc) is 3.10. The van der Waals surface area contributed by atoms with Crippen molar-refractivity contribution in [3.63, 3.8) is 0 Å². The van der Waals surface area contributed by atoms with Crippen molar-refractivity contribution in [1.82, 2.24) is 0 Å². The predicted octanol–water partition coefficient (Wildman–Crippen LogP) is -5.25. The van der Waals surface area contributed by atoms with Crippen LogP contribution in [0.25, 0.3) is 0 Å². The van der Waals surface area contributed by atoms with Gasteiger partial charge in [0.1, 0.15) is 67.6 Å². The Morgan fingerprint density at radius 2 is 1.15 bits per heavy atom. The molecule has 0 unspecified atom stereocenters. The number of hydrogen-bond acceptors (Lipinski definition) is 14. The van der Waals surface area contributed by atoms with Crippen molar-refractivity contribution < 1.29 is 69.3 Å². The smallest absolute Gasteiger partial charge is 0.188 e. The molecule has 14 atom stereocenters. The molecule has 3 fully saturated rings. The van der Waals surface area contributed by atoms with E-state index in [9.17, 15) is 40.9 Å². The fourth-order valence-electron chi connectivity index (χ4n) is 4.06. The molecular formula is C20H32O14. The Labute approximate surface area is 195 Å². The van der Waals surface area contributed by atoms with Crippen molar-refractivity contribution in [1.29, 1.82) is 0 Å². The summed E-state index contributed by atoms with van der Waals surface area (Å²) in [6.45, 7) is 0.0137. The minimum absolute atomic E-state index is 0.251. The lowest BCUT2D eigenvalue weighted by molar-refractivity contribution is -0.371. The first-order chi connectivity index (χ1) is 16.1. The van der Waals surface area contributed by atoms with Gasteiger partial charge in [-0.05, 0) is 6.92 Å². The zero-order chi connectivity index (χ0) is 25.2. The minimum Gasteiger partial charge on any atom is -0.394 e. The molecular weight excluding hydrogens is 464 g/mol. The van der Waals surface area contributed by atoms with Gasteiger partial charge in [-0.15, -0.1) is 6.42 Å². The van der Waals surface area contributed by atoms with Crippen LogP contribution in [0.2, 0.25) is 0 Å². The Kier molecular flexibility index (Phi) is 9.59. The van der Waals surface area contributed by atoms with Gasteiger partial charge >= 0.3 is 0 Å². The maximum atomic E-state index is 10.6. The first-order valence-corrected chi connectivity index (χ1v) is 10.8. The summed E-state index contributed by atoms with van der Waals surface area (Å²) in [5.74, 6) is 2.21. The first kappa shape index (κ1) is 27.6. The molecule has 196 valence electrons. The second kappa shape index (κ2) is 11.8. The van der Waals surface area contributed by atoms with Gasteiger partial charge in [0.15, 0.2) is 18.9 Å². The molecule has 0 aromatic rings. The molecule has 0 bridgehead atoms. The lowest BCUT2D eigenvalue weighted by Gasteiger charge is -2.46. The zero-order valence-corrected chi connectivity index (χ0v) is 18.3. The van der Waals surface area contributed by atoms with Crippen LogP contribution in [0.5, 0.6) is 0 Å². The van der Waals surface area contributed by atoms with Crippen LogP contribution < -0.4 is 0 Å². The minimum atomic E-state index is -1.74. The van der Waals surface area contributed by atoms with E-state index in [4.69, 9.17) is 34.8 Å². The van der Waals surface area contributed by atoms with Gasteiger partial charge in [-0.25, -0.2) is 0 Å². The molecule has 0 saturated carbocycles. The van der Waals surface area contributed by atoms with E-state index in [1.54, 1.807) is 0 Å². The van der Waals surface area contributed by atoms with Crippen molar-refractivity contribution in [3.05, 3.63) is 0 Å². The summed E-state index contributed by atoms with van der Waals surface area (Å²) in [5.41, 5.74) is 0. The number of terminal acetylenes is 1. The van der Waals surface area contributed by atoms with E-state index in [1.165, 1.54) is 6.92 Å². The molecule has 0 aromatic carbocycles. The van der Waals surface area contributed by atoms with Crippen molar-refractivity contribution in [2.75, 3.05) is 19.8 Å². The van der Waals surface area contributed by atoms with Gasteiger partial charge in [-0.2, -0.15) is 0 Å². The molecule has 3 aliphatic heterocycles. The highest BCUT2D eigenvalue weighted by molar-refractivity contribution is 4.95. The standard InChI is InChI=1S/C20H32O14/c1-3-4-29-20-17(12(25)10(23)8(5-21)32-20)34-18-15(28)13(26)16(7(2)30-18)33-19-14(27)11(24)9(6-22)31-19/h1,7-28H,4-6H2,2H3/t7-,8+,9-,10+,11-,12-,13-,14+,15+,16-,17+,18-,19-,20+/m0/s1. The molecule has 0 aromatic heterocycles. The van der Waals surface area contributed by atoms with Gasteiger partial charge < -0.3 is 69.3 Å². The van der Waals surface area contributed by atoms with Crippen LogP contribution in [0.15, 0.2) is 0 Å². The Morgan fingerprint density at radius 3 is 1.74 bits per heavy atom. The first-order valence-electron chi connectivity index (χ1n) is 10.8. The van der Waals surface area contributed by atoms with Gasteiger partial charge in [0.25, 0.3) is 0 Å². The molecule has 14 nitrogen and oxygen atoms in total. The van der Waals surface area contributed by atoms with Gasteiger partial charge in [-0.3, -0.25) is 0 Å². The van der Waals surface area contributed by atoms with Crippen molar-refractivity contribution >= 4 is 0 Å². The maximum Gasteiger partial charge on any atom is 0.188 e. The van der Waals surface area contributed by atoms with E-state index in [0.717, 1.165) is 0 Å². The fraction of sp³-hybridized carbons (Fsp3) is 0.900. The Bertz CT molecular complexity index is 689. The lowest BCUT2D eigenvalue weighted by Crippen LogP contribution is -2.64. The highest BCUT2D eigenvalue weighted by Crippen LogP contribution is 2.32. The van der Waals surface area contributed by atoms with Crippen molar-refractivity contribution in [3.8, 4) is 12.3 Å². The Hall–Kier alpha value is -1.00. The van der Waals surface area contributed by atoms with Gasteiger partial charge in [0.2, 0.25) is 0 Å². The summed E-state index contributed by atoms with van der Waals surface area (Å²) >= 11 is 0. The number of rotatable bonds is 8. The highest BCUT2D eigenvalue weighted by atomic mass is 16.8. The van der Waals surface area contributed by atoms with E-state index < -0.39 is 99.2 Å². The molecule has 0 aliphatic carbocycles. The van der Waals surface area contributed by atoms with Crippen LogP contribution in [0, 0.1) is 12.3 Å². The van der Waals surface area contributed by atoms with E-state index in [1.807, 2.05) is 0 Å². The van der Waals surface area contributed by atoms with Crippen LogP contribution in [0.1, 0.15) is 6.92 Å². The largest absolute Gasteiger partial charge is 0.394 e. The van der Waals surface area contributed by atoms with Crippen LogP contribution in [-0.2, 0) is 28.4 Å². The molecule has 3 saturated heterocycles. The normalized spacial score (nSPS) is 49.6. The van der Waals surface area contributed by atoms with Crippen molar-refractivity contribution in [2.45, 2.75) is 92.9 Å². The molecule has 8 N–H and O–H groups in total. The molecule has 3 rings (SSSR count). The van der Waals surface area contributed by atoms with E-state index in [2.05, 4.69) is 5.92 Å². The van der Waals surface area contributed by atoms with E-state index in [0.29, 0.717) is 0 Å². The Balaban J connectivity index is 1.68. The van der Waals surface area contributed by atoms with Crippen LogP contribution in [0.3, 0.4) is 0 Å². The summed E-state index contributed by atoms with van der Waals surface area (Å²) in [6, 6.07) is 0. The summed E-state index contributed by atoms with van der Waals surface area (Å²) in [4.78, 5) is 0. The van der Waals surface area contributed by atoms with Crippen LogP contribution in [0.4, 0.5) is 0 Å². The molecule has 3 aliphatic rings. The maximum absolute atomic E-state index is 10.6. The lowest BCUT2D eigenvalue weighted by atomic mass is 9.97. The second-order valence-corrected chi connectivity index (χ2v) is 8.32. The van der Waals surface area contributed by atoms with Crippen molar-refractivity contribution in [2.24, 2.45) is 0 Å². The summed E-state index contributed by atoms with van der Waals surface area (Å²) in [7, 11) is 0. The molecule has 0 amide bonds. The van der Waals surface area contributed by atoms with Crippen LogP contribution in [-0.4, -0.2) is 147 Å². The second-order valence-electron chi connectivity index (χ2n) is 8.32. The molecule has 0 radical (unpaired) electrons. The number of ether oxygens (including phenoxy) is 6. The SMILES string of the molecule is C#CCO[C@@H]1O[C@H](CO)[C@@H](O)[C@H](O)[C@H]1O[C@@H]1O[C@@H](C)[C@H](O[C@@H]2O[C@@H](CO)[C@H](O)[C@H]2O)[C@@H](O)[C@H]1O. The average molecular weight is 496 g/mol. The quantitative estimate of drug-likeness (QED) is 0.147. The molecule has 14 heteroatoms. The molecule has 3 heterocycles. The van der Waals surface area contributed by atoms with Gasteiger partial charge in [0.05, 0.1) is 19.3 Å². The summed E-state index contributed by atoms with van der Waals surface area (Å²) < 4.78 is 32.7. The predicted molar refractivity (Wildman–Crippen MR) is 106 cm³/mol. The fourth-order valence-corrected chi connectivity index (χ4v) is 4.06. The van der Waals surface area contributed by atoms with Gasteiger partial charge in [-0.1, -0.05) is 5.92 Å². The number of aliphatic hydroxyl groups excluding tert-OH is 8. The number of hydrogen-bond donors (Lipinski definition) is 8. The topological polar surface area (TPSA) is 217 Å². The highest BCUT2D eigenvalue weighted by Gasteiger charge is 2.52. The molecule has 0 spiro atoms. The monoisotopic (exact) mass is 496 g/mol. The number of aliphatic hydroxyl groups is 8. The Morgan fingerprint density at radius 1 is 0.676 bits per heavy atom. The zero-order valence-electron chi connectivity index (χ0n) is 18.3. The molecule has 34 heavy (non-hydrogen) atoms. The van der Waals surface area contributed by atoms with Gasteiger partial charge in [0, 0.05) is 0 Å². The van der Waals surface area contributed by atoms with Crippen LogP contribution >= 0.6 is 0 Å². The third kappa shape index (κ3) is 5.53.